The van der Waals surface area contributed by atoms with Gasteiger partial charge in [0.15, 0.2) is 6.10 Å². The average molecular weight is 341 g/mol. The summed E-state index contributed by atoms with van der Waals surface area (Å²) in [5.41, 5.74) is 2.78. The van der Waals surface area contributed by atoms with Crippen LogP contribution in [0.4, 0.5) is 5.69 Å². The van der Waals surface area contributed by atoms with Gasteiger partial charge in [0.05, 0.1) is 12.7 Å². The molecule has 25 heavy (non-hydrogen) atoms. The van der Waals surface area contributed by atoms with E-state index in [4.69, 9.17) is 9.47 Å². The van der Waals surface area contributed by atoms with Gasteiger partial charge in [-0.05, 0) is 49.6 Å². The van der Waals surface area contributed by atoms with Crippen LogP contribution in [0.15, 0.2) is 42.5 Å². The summed E-state index contributed by atoms with van der Waals surface area (Å²) >= 11 is 0. The largest absolute Gasteiger partial charge is 0.480 e. The molecule has 0 aliphatic heterocycles. The molecule has 0 radical (unpaired) electrons. The second kappa shape index (κ2) is 8.33. The number of ether oxygens (including phenoxy) is 2. The van der Waals surface area contributed by atoms with Gasteiger partial charge in [0.1, 0.15) is 5.75 Å². The van der Waals surface area contributed by atoms with Crippen LogP contribution in [0.3, 0.4) is 0 Å². The molecule has 0 heterocycles. The van der Waals surface area contributed by atoms with Gasteiger partial charge in [-0.25, -0.2) is 4.79 Å². The molecule has 0 aliphatic rings. The van der Waals surface area contributed by atoms with Crippen molar-refractivity contribution in [2.24, 2.45) is 0 Å². The molecule has 0 bridgehead atoms. The van der Waals surface area contributed by atoms with E-state index in [1.807, 2.05) is 45.0 Å². The Labute approximate surface area is 148 Å². The summed E-state index contributed by atoms with van der Waals surface area (Å²) in [6, 6.07) is 12.6. The van der Waals surface area contributed by atoms with E-state index in [0.717, 1.165) is 11.1 Å². The lowest BCUT2D eigenvalue weighted by atomic mass is 10.1. The van der Waals surface area contributed by atoms with Crippen LogP contribution in [0.1, 0.15) is 34.8 Å². The van der Waals surface area contributed by atoms with Crippen LogP contribution in [-0.2, 0) is 9.53 Å². The minimum atomic E-state index is -0.623. The van der Waals surface area contributed by atoms with E-state index in [1.165, 1.54) is 7.11 Å². The zero-order valence-electron chi connectivity index (χ0n) is 15.0. The molecule has 2 aromatic rings. The number of nitrogens with one attached hydrogen (secondary N) is 1. The molecule has 5 nitrogen and oxygen atoms in total. The Morgan fingerprint density at radius 3 is 2.44 bits per heavy atom. The van der Waals surface area contributed by atoms with E-state index in [2.05, 4.69) is 5.32 Å². The molecule has 2 aromatic carbocycles. The molecule has 2 rings (SSSR count). The Bertz CT molecular complexity index is 770. The third-order valence-corrected chi connectivity index (χ3v) is 3.94. The van der Waals surface area contributed by atoms with Gasteiger partial charge in [-0.3, -0.25) is 4.79 Å². The summed E-state index contributed by atoms with van der Waals surface area (Å²) in [6.07, 6.45) is -0.0992. The van der Waals surface area contributed by atoms with Crippen molar-refractivity contribution in [1.82, 2.24) is 0 Å². The number of benzene rings is 2. The lowest BCUT2D eigenvalue weighted by Crippen LogP contribution is -2.32. The van der Waals surface area contributed by atoms with Crippen LogP contribution in [0.2, 0.25) is 0 Å². The maximum atomic E-state index is 12.6. The maximum Gasteiger partial charge on any atom is 0.337 e. The Morgan fingerprint density at radius 1 is 1.08 bits per heavy atom. The Kier molecular flexibility index (Phi) is 6.17. The number of anilines is 1. The number of rotatable bonds is 6. The highest BCUT2D eigenvalue weighted by atomic mass is 16.5. The predicted molar refractivity (Wildman–Crippen MR) is 97.0 cm³/mol. The van der Waals surface area contributed by atoms with Crippen molar-refractivity contribution in [3.05, 3.63) is 59.2 Å². The lowest BCUT2D eigenvalue weighted by Gasteiger charge is -2.19. The molecule has 0 aliphatic carbocycles. The summed E-state index contributed by atoms with van der Waals surface area (Å²) in [5.74, 6) is -0.0147. The topological polar surface area (TPSA) is 64.6 Å². The van der Waals surface area contributed by atoms with Gasteiger partial charge in [-0.2, -0.15) is 0 Å². The van der Waals surface area contributed by atoms with Crippen molar-refractivity contribution in [3.8, 4) is 5.75 Å². The Hall–Kier alpha value is -2.82. The van der Waals surface area contributed by atoms with Gasteiger partial charge >= 0.3 is 5.97 Å². The van der Waals surface area contributed by atoms with E-state index >= 15 is 0 Å². The number of esters is 1. The van der Waals surface area contributed by atoms with Crippen molar-refractivity contribution in [2.75, 3.05) is 12.4 Å². The van der Waals surface area contributed by atoms with E-state index in [0.29, 0.717) is 23.4 Å². The average Bonchev–Trinajstić information content (AvgIpc) is 2.62. The fourth-order valence-corrected chi connectivity index (χ4v) is 2.38. The molecular formula is C20H23NO4. The molecule has 1 atom stereocenters. The fourth-order valence-electron chi connectivity index (χ4n) is 2.38. The molecule has 0 spiro atoms. The highest BCUT2D eigenvalue weighted by Crippen LogP contribution is 2.21. The van der Waals surface area contributed by atoms with Crippen LogP contribution in [0.25, 0.3) is 0 Å². The quantitative estimate of drug-likeness (QED) is 0.810. The SMILES string of the molecule is CC[C@@H](Oc1ccccc1C)C(=O)Nc1cc(C(=O)OC)ccc1C. The van der Waals surface area contributed by atoms with Crippen molar-refractivity contribution in [1.29, 1.82) is 0 Å². The Balaban J connectivity index is 2.17. The number of carbonyl (C=O) groups excluding carboxylic acids is 2. The molecule has 0 unspecified atom stereocenters. The molecule has 0 saturated carbocycles. The first-order valence-electron chi connectivity index (χ1n) is 8.18. The number of para-hydroxylation sites is 1. The first kappa shape index (κ1) is 18.5. The molecule has 132 valence electrons. The van der Waals surface area contributed by atoms with Crippen LogP contribution in [0, 0.1) is 13.8 Å². The standard InChI is InChI=1S/C20H23NO4/c1-5-17(25-18-9-7-6-8-14(18)3)19(22)21-16-12-15(20(23)24-4)11-10-13(16)2/h6-12,17H,5H2,1-4H3,(H,21,22)/t17-/m1/s1. The molecule has 0 fully saturated rings. The second-order valence-electron chi connectivity index (χ2n) is 5.79. The zero-order valence-corrected chi connectivity index (χ0v) is 15.0. The number of amides is 1. The number of hydrogen-bond donors (Lipinski definition) is 1. The second-order valence-corrected chi connectivity index (χ2v) is 5.79. The number of aryl methyl sites for hydroxylation is 2. The molecule has 1 N–H and O–H groups in total. The van der Waals surface area contributed by atoms with Gasteiger partial charge in [0, 0.05) is 5.69 Å². The molecule has 5 heteroatoms. The monoisotopic (exact) mass is 341 g/mol. The molecule has 0 saturated heterocycles. The third-order valence-electron chi connectivity index (χ3n) is 3.94. The minimum absolute atomic E-state index is 0.254. The number of carbonyl (C=O) groups is 2. The number of hydrogen-bond acceptors (Lipinski definition) is 4. The summed E-state index contributed by atoms with van der Waals surface area (Å²) in [4.78, 5) is 24.3. The molecule has 1 amide bonds. The molecule has 0 aromatic heterocycles. The van der Waals surface area contributed by atoms with Crippen LogP contribution in [-0.4, -0.2) is 25.1 Å². The van der Waals surface area contributed by atoms with Crippen LogP contribution in [0.5, 0.6) is 5.75 Å². The van der Waals surface area contributed by atoms with Crippen LogP contribution >= 0.6 is 0 Å². The first-order valence-corrected chi connectivity index (χ1v) is 8.18. The fraction of sp³-hybridized carbons (Fsp3) is 0.300. The van der Waals surface area contributed by atoms with E-state index in [9.17, 15) is 9.59 Å². The summed E-state index contributed by atoms with van der Waals surface area (Å²) in [5, 5.41) is 2.85. The predicted octanol–water partition coefficient (Wildman–Crippen LogP) is 3.89. The Morgan fingerprint density at radius 2 is 1.80 bits per heavy atom. The zero-order chi connectivity index (χ0) is 18.4. The molecular weight excluding hydrogens is 318 g/mol. The van der Waals surface area contributed by atoms with Crippen molar-refractivity contribution < 1.29 is 19.1 Å². The summed E-state index contributed by atoms with van der Waals surface area (Å²) in [7, 11) is 1.32. The van der Waals surface area contributed by atoms with Crippen molar-refractivity contribution in [3.63, 3.8) is 0 Å². The van der Waals surface area contributed by atoms with Gasteiger partial charge in [-0.15, -0.1) is 0 Å². The first-order chi connectivity index (χ1) is 12.0. The van der Waals surface area contributed by atoms with Gasteiger partial charge in [0.2, 0.25) is 0 Å². The van der Waals surface area contributed by atoms with Crippen molar-refractivity contribution >= 4 is 17.6 Å². The third kappa shape index (κ3) is 4.59. The number of methoxy groups -OCH3 is 1. The van der Waals surface area contributed by atoms with Gasteiger partial charge < -0.3 is 14.8 Å². The lowest BCUT2D eigenvalue weighted by molar-refractivity contribution is -0.122. The summed E-state index contributed by atoms with van der Waals surface area (Å²) < 4.78 is 10.6. The minimum Gasteiger partial charge on any atom is -0.480 e. The summed E-state index contributed by atoms with van der Waals surface area (Å²) in [6.45, 7) is 5.68. The smallest absolute Gasteiger partial charge is 0.337 e. The normalized spacial score (nSPS) is 11.5. The van der Waals surface area contributed by atoms with Gasteiger partial charge in [-0.1, -0.05) is 31.2 Å². The van der Waals surface area contributed by atoms with E-state index in [1.54, 1.807) is 18.2 Å². The van der Waals surface area contributed by atoms with E-state index < -0.39 is 12.1 Å². The van der Waals surface area contributed by atoms with Gasteiger partial charge in [0.25, 0.3) is 5.91 Å². The van der Waals surface area contributed by atoms with Crippen LogP contribution < -0.4 is 10.1 Å². The highest BCUT2D eigenvalue weighted by Gasteiger charge is 2.20. The maximum absolute atomic E-state index is 12.6. The van der Waals surface area contributed by atoms with E-state index in [-0.39, 0.29) is 5.91 Å². The van der Waals surface area contributed by atoms with Crippen molar-refractivity contribution in [2.45, 2.75) is 33.3 Å². The highest BCUT2D eigenvalue weighted by molar-refractivity contribution is 5.97.